The summed E-state index contributed by atoms with van der Waals surface area (Å²) in [4.78, 5) is 25.3. The zero-order valence-corrected chi connectivity index (χ0v) is 28.7. The Balaban J connectivity index is 1.33. The molecule has 3 saturated heterocycles. The molecule has 0 radical (unpaired) electrons. The van der Waals surface area contributed by atoms with Gasteiger partial charge in [0.05, 0.1) is 18.8 Å². The van der Waals surface area contributed by atoms with Gasteiger partial charge in [-0.05, 0) is 38.5 Å². The van der Waals surface area contributed by atoms with Crippen molar-refractivity contribution < 1.29 is 73.8 Å². The monoisotopic (exact) mass is 719 g/mol. The summed E-state index contributed by atoms with van der Waals surface area (Å²) >= 11 is 0. The minimum atomic E-state index is -1.69. The van der Waals surface area contributed by atoms with Crippen LogP contribution >= 0.6 is 0 Å². The molecule has 16 nitrogen and oxygen atoms in total. The number of amides is 1. The van der Waals surface area contributed by atoms with E-state index in [1.807, 2.05) is 0 Å². The van der Waals surface area contributed by atoms with Crippen LogP contribution in [0, 0.1) is 11.8 Å². The summed E-state index contributed by atoms with van der Waals surface area (Å²) in [5.41, 5.74) is 0. The molecule has 14 atom stereocenters. The number of carbonyl (C=O) groups excluding carboxylic acids is 1. The number of carboxylic acids is 1. The normalized spacial score (nSPS) is 41.4. The number of hydrogen-bond donors (Lipinski definition) is 8. The smallest absolute Gasteiger partial charge is 0.332 e. The van der Waals surface area contributed by atoms with Crippen LogP contribution in [0.2, 0.25) is 0 Å². The number of aliphatic carboxylic acids is 1. The Morgan fingerprint density at radius 3 is 2.08 bits per heavy atom. The second kappa shape index (κ2) is 18.5. The molecule has 2 saturated carbocycles. The topological polar surface area (TPSA) is 243 Å². The molecule has 0 aromatic rings. The van der Waals surface area contributed by atoms with Gasteiger partial charge in [0.15, 0.2) is 18.7 Å². The number of carbonyl (C=O) groups is 2. The second-order valence-electron chi connectivity index (χ2n) is 14.6. The van der Waals surface area contributed by atoms with Gasteiger partial charge in [-0.2, -0.15) is 0 Å². The molecule has 0 bridgehead atoms. The summed E-state index contributed by atoms with van der Waals surface area (Å²) in [6.07, 6.45) is -9.00. The number of nitrogens with one attached hydrogen (secondary N) is 1. The van der Waals surface area contributed by atoms with E-state index in [9.17, 15) is 45.3 Å². The van der Waals surface area contributed by atoms with E-state index in [1.54, 1.807) is 0 Å². The van der Waals surface area contributed by atoms with E-state index in [-0.39, 0.29) is 43.7 Å². The molecule has 1 amide bonds. The lowest BCUT2D eigenvalue weighted by Gasteiger charge is -2.47. The molecule has 8 N–H and O–H groups in total. The molecule has 0 aromatic carbocycles. The van der Waals surface area contributed by atoms with Crippen molar-refractivity contribution in [3.05, 3.63) is 0 Å². The largest absolute Gasteiger partial charge is 0.479 e. The summed E-state index contributed by atoms with van der Waals surface area (Å²) in [7, 11) is 0. The van der Waals surface area contributed by atoms with Crippen molar-refractivity contribution in [1.82, 2.24) is 5.32 Å². The number of ether oxygens (including phenoxy) is 6. The van der Waals surface area contributed by atoms with Crippen LogP contribution in [0.15, 0.2) is 0 Å². The average Bonchev–Trinajstić information content (AvgIpc) is 3.12. The third-order valence-electron chi connectivity index (χ3n) is 11.0. The Morgan fingerprint density at radius 2 is 1.42 bits per heavy atom. The Morgan fingerprint density at radius 1 is 0.760 bits per heavy atom. The Hall–Kier alpha value is -1.54. The highest BCUT2D eigenvalue weighted by Gasteiger charge is 2.51. The lowest BCUT2D eigenvalue weighted by atomic mass is 9.85. The van der Waals surface area contributed by atoms with Gasteiger partial charge in [-0.25, -0.2) is 4.79 Å². The van der Waals surface area contributed by atoms with Gasteiger partial charge in [0.25, 0.3) is 0 Å². The predicted octanol–water partition coefficient (Wildman–Crippen LogP) is -0.682. The molecule has 5 aliphatic rings. The number of aliphatic hydroxyl groups is 6. The minimum absolute atomic E-state index is 0.00264. The van der Waals surface area contributed by atoms with Gasteiger partial charge < -0.3 is 69.5 Å². The molecule has 5 fully saturated rings. The fraction of sp³-hybridized carbons (Fsp3) is 0.941. The van der Waals surface area contributed by atoms with Gasteiger partial charge in [-0.3, -0.25) is 4.79 Å². The summed E-state index contributed by atoms with van der Waals surface area (Å²) in [5.74, 6) is -1.36. The van der Waals surface area contributed by atoms with Crippen LogP contribution < -0.4 is 5.32 Å². The Labute approximate surface area is 292 Å². The van der Waals surface area contributed by atoms with Gasteiger partial charge in [0.1, 0.15) is 54.9 Å². The fourth-order valence-electron chi connectivity index (χ4n) is 7.95. The van der Waals surface area contributed by atoms with E-state index in [4.69, 9.17) is 28.4 Å². The first-order valence-corrected chi connectivity index (χ1v) is 18.4. The van der Waals surface area contributed by atoms with Gasteiger partial charge in [0, 0.05) is 19.1 Å². The van der Waals surface area contributed by atoms with E-state index >= 15 is 0 Å². The van der Waals surface area contributed by atoms with Crippen molar-refractivity contribution in [2.24, 2.45) is 11.8 Å². The highest BCUT2D eigenvalue weighted by Crippen LogP contribution is 2.34. The molecular formula is C34H57NO15. The van der Waals surface area contributed by atoms with Crippen LogP contribution in [0.1, 0.15) is 84.0 Å². The number of hydrogen-bond acceptors (Lipinski definition) is 14. The van der Waals surface area contributed by atoms with Crippen LogP contribution in [0.5, 0.6) is 0 Å². The molecule has 3 heterocycles. The van der Waals surface area contributed by atoms with E-state index < -0.39 is 98.4 Å². The maximum Gasteiger partial charge on any atom is 0.332 e. The van der Waals surface area contributed by atoms with Crippen LogP contribution in [0.3, 0.4) is 0 Å². The van der Waals surface area contributed by atoms with Crippen molar-refractivity contribution in [2.45, 2.75) is 170 Å². The van der Waals surface area contributed by atoms with E-state index in [0.29, 0.717) is 0 Å². The molecule has 0 aromatic heterocycles. The lowest BCUT2D eigenvalue weighted by molar-refractivity contribution is -0.355. The van der Waals surface area contributed by atoms with Crippen molar-refractivity contribution >= 4 is 11.9 Å². The van der Waals surface area contributed by atoms with Crippen molar-refractivity contribution in [3.63, 3.8) is 0 Å². The molecule has 2 aliphatic carbocycles. The fourth-order valence-corrected chi connectivity index (χ4v) is 7.95. The van der Waals surface area contributed by atoms with Crippen molar-refractivity contribution in [2.75, 3.05) is 19.8 Å². The predicted molar refractivity (Wildman–Crippen MR) is 171 cm³/mol. The quantitative estimate of drug-likeness (QED) is 0.118. The first-order chi connectivity index (χ1) is 24.0. The average molecular weight is 720 g/mol. The molecule has 5 rings (SSSR count). The summed E-state index contributed by atoms with van der Waals surface area (Å²) < 4.78 is 35.9. The molecule has 3 aliphatic heterocycles. The van der Waals surface area contributed by atoms with E-state index in [0.717, 1.165) is 64.2 Å². The maximum atomic E-state index is 13.0. The number of aliphatic hydroxyl groups excluding tert-OH is 6. The van der Waals surface area contributed by atoms with Crippen LogP contribution in [-0.4, -0.2) is 153 Å². The standard InChI is InChI=1S/C34H57NO15/c1-17-24(37)26(39)27(40)33(46-17)50-29-20(12-13-45-22(29)15-35-31(42)19-10-6-3-7-11-19)48-34-28(41)30(25(38)23(16-36)49-34)47-21(32(43)44)14-18-8-4-2-5-9-18/h17-30,33-34,36-41H,2-16H2,1H3,(H,35,42)(H,43,44)/t17-,20+,21+,22?,23+,24+,25-,26-,27+,28-,29-,30+,33-,34+/m1/s1. The molecule has 16 heteroatoms. The Kier molecular flexibility index (Phi) is 14.7. The third-order valence-corrected chi connectivity index (χ3v) is 11.0. The van der Waals surface area contributed by atoms with Crippen LogP contribution in [-0.2, 0) is 38.0 Å². The van der Waals surface area contributed by atoms with E-state index in [2.05, 4.69) is 5.32 Å². The van der Waals surface area contributed by atoms with Crippen molar-refractivity contribution in [3.8, 4) is 0 Å². The molecule has 50 heavy (non-hydrogen) atoms. The highest BCUT2D eigenvalue weighted by atomic mass is 16.7. The van der Waals surface area contributed by atoms with Gasteiger partial charge in [-0.15, -0.1) is 0 Å². The van der Waals surface area contributed by atoms with E-state index in [1.165, 1.54) is 6.92 Å². The zero-order chi connectivity index (χ0) is 35.9. The number of carboxylic acid groups (broad SMARTS) is 1. The maximum absolute atomic E-state index is 13.0. The first kappa shape index (κ1) is 39.7. The number of rotatable bonds is 13. The SMILES string of the molecule is C[C@H]1O[C@H](O[C@H]2C(CNC(=O)C3CCCCC3)OCC[C@@H]2O[C@H]2O[C@@H](CO)[C@@H](O)[C@H](O[C@@H](CC3CCCCC3)C(=O)O)[C@H]2O)[C@@H](O)[C@H](O)[C@H]1O. The molecule has 0 spiro atoms. The molecular weight excluding hydrogens is 662 g/mol. The van der Waals surface area contributed by atoms with Gasteiger partial charge in [0.2, 0.25) is 5.91 Å². The molecule has 288 valence electrons. The van der Waals surface area contributed by atoms with Crippen LogP contribution in [0.4, 0.5) is 0 Å². The summed E-state index contributed by atoms with van der Waals surface area (Å²) in [6.45, 7) is 0.965. The zero-order valence-electron chi connectivity index (χ0n) is 28.7. The minimum Gasteiger partial charge on any atom is -0.479 e. The first-order valence-electron chi connectivity index (χ1n) is 18.4. The summed E-state index contributed by atoms with van der Waals surface area (Å²) in [5, 5.41) is 76.9. The third kappa shape index (κ3) is 9.71. The highest BCUT2D eigenvalue weighted by molar-refractivity contribution is 5.78. The van der Waals surface area contributed by atoms with Gasteiger partial charge >= 0.3 is 5.97 Å². The summed E-state index contributed by atoms with van der Waals surface area (Å²) in [6, 6.07) is 0. The molecule has 1 unspecified atom stereocenters. The van der Waals surface area contributed by atoms with Crippen molar-refractivity contribution in [1.29, 1.82) is 0 Å². The lowest BCUT2D eigenvalue weighted by Crippen LogP contribution is -2.64. The second-order valence-corrected chi connectivity index (χ2v) is 14.6. The van der Waals surface area contributed by atoms with Crippen LogP contribution in [0.25, 0.3) is 0 Å². The Bertz CT molecular complexity index is 1070. The van der Waals surface area contributed by atoms with Gasteiger partial charge in [-0.1, -0.05) is 51.4 Å².